The Morgan fingerprint density at radius 1 is 1.36 bits per heavy atom. The van der Waals surface area contributed by atoms with E-state index < -0.39 is 26.1 Å². The molecule has 0 fully saturated rings. The van der Waals surface area contributed by atoms with Gasteiger partial charge in [0.1, 0.15) is 5.69 Å². The van der Waals surface area contributed by atoms with Crippen LogP contribution < -0.4 is 0 Å². The normalized spacial score (nSPS) is 12.9. The Morgan fingerprint density at radius 2 is 1.93 bits per heavy atom. The Kier molecular flexibility index (Phi) is 2.68. The Hall–Kier alpha value is -0.890. The topological polar surface area (TPSA) is 59.9 Å². The van der Waals surface area contributed by atoms with Gasteiger partial charge in [0, 0.05) is 16.9 Å². The molecule has 0 aliphatic carbocycles. The van der Waals surface area contributed by atoms with Crippen molar-refractivity contribution >= 4 is 19.7 Å². The summed E-state index contributed by atoms with van der Waals surface area (Å²) >= 11 is 0. The molecule has 0 bridgehead atoms. The maximum atomic E-state index is 12.0. The minimum absolute atomic E-state index is 0.547. The molecule has 0 aliphatic heterocycles. The zero-order valence-electron chi connectivity index (χ0n) is 6.29. The van der Waals surface area contributed by atoms with Crippen molar-refractivity contribution in [2.24, 2.45) is 0 Å². The molecule has 1 aromatic rings. The second kappa shape index (κ2) is 3.35. The van der Waals surface area contributed by atoms with Crippen molar-refractivity contribution in [2.75, 3.05) is 0 Å². The zero-order valence-corrected chi connectivity index (χ0v) is 7.86. The van der Waals surface area contributed by atoms with E-state index in [9.17, 15) is 21.6 Å². The van der Waals surface area contributed by atoms with Crippen LogP contribution in [0.4, 0.5) is 13.2 Å². The molecule has 0 atom stereocenters. The minimum atomic E-state index is -4.72. The predicted molar refractivity (Wildman–Crippen MR) is 40.1 cm³/mol. The van der Waals surface area contributed by atoms with Crippen molar-refractivity contribution in [3.63, 3.8) is 0 Å². The molecule has 1 aromatic heterocycles. The van der Waals surface area contributed by atoms with Gasteiger partial charge in [-0.1, -0.05) is 0 Å². The molecule has 4 nitrogen and oxygen atoms in total. The molecule has 0 unspecified atom stereocenters. The molecule has 9 heteroatoms. The lowest BCUT2D eigenvalue weighted by atomic mass is 10.4. The molecule has 0 saturated heterocycles. The summed E-state index contributed by atoms with van der Waals surface area (Å²) in [6.07, 6.45) is -4.05. The standard InChI is InChI=1S/C5H2ClF3N2O2S/c6-14(12,13)4-10-2-1-3(11-4)5(7,8)9/h1-2H. The SMILES string of the molecule is O=S(=O)(Cl)c1nccc(C(F)(F)F)n1. The molecular weight excluding hydrogens is 245 g/mol. The Bertz CT molecular complexity index is 445. The summed E-state index contributed by atoms with van der Waals surface area (Å²) in [4.78, 5) is 5.85. The Morgan fingerprint density at radius 3 is 2.36 bits per heavy atom. The highest BCUT2D eigenvalue weighted by molar-refractivity contribution is 8.13. The summed E-state index contributed by atoms with van der Waals surface area (Å²) < 4.78 is 57.3. The van der Waals surface area contributed by atoms with Gasteiger partial charge in [-0.25, -0.2) is 18.4 Å². The van der Waals surface area contributed by atoms with Crippen LogP contribution in [0.2, 0.25) is 0 Å². The van der Waals surface area contributed by atoms with Crippen LogP contribution in [0.3, 0.4) is 0 Å². The van der Waals surface area contributed by atoms with E-state index in [1.54, 1.807) is 0 Å². The summed E-state index contributed by atoms with van der Waals surface area (Å²) in [5.74, 6) is 0. The van der Waals surface area contributed by atoms with Gasteiger partial charge in [0.2, 0.25) is 0 Å². The summed E-state index contributed by atoms with van der Waals surface area (Å²) in [6, 6.07) is 0.547. The maximum absolute atomic E-state index is 12.0. The number of aromatic nitrogens is 2. The van der Waals surface area contributed by atoms with E-state index in [1.165, 1.54) is 0 Å². The molecular formula is C5H2ClF3N2O2S. The van der Waals surface area contributed by atoms with Gasteiger partial charge in [-0.15, -0.1) is 0 Å². The van der Waals surface area contributed by atoms with E-state index in [4.69, 9.17) is 10.7 Å². The van der Waals surface area contributed by atoms with Gasteiger partial charge in [0.25, 0.3) is 14.2 Å². The van der Waals surface area contributed by atoms with Crippen molar-refractivity contribution in [3.8, 4) is 0 Å². The summed E-state index contributed by atoms with van der Waals surface area (Å²) in [7, 11) is 0.425. The molecule has 0 aliphatic rings. The fourth-order valence-corrected chi connectivity index (χ4v) is 1.23. The van der Waals surface area contributed by atoms with Gasteiger partial charge in [-0.2, -0.15) is 13.2 Å². The third-order valence-corrected chi connectivity index (χ3v) is 2.19. The van der Waals surface area contributed by atoms with E-state index in [0.717, 1.165) is 0 Å². The molecule has 14 heavy (non-hydrogen) atoms. The maximum Gasteiger partial charge on any atom is 0.433 e. The van der Waals surface area contributed by atoms with Gasteiger partial charge in [-0.3, -0.25) is 0 Å². The molecule has 1 rings (SSSR count). The predicted octanol–water partition coefficient (Wildman–Crippen LogP) is 1.42. The van der Waals surface area contributed by atoms with Crippen molar-refractivity contribution in [1.82, 2.24) is 9.97 Å². The lowest BCUT2D eigenvalue weighted by Crippen LogP contribution is -2.11. The number of hydrogen-bond donors (Lipinski definition) is 0. The summed E-state index contributed by atoms with van der Waals surface area (Å²) in [5, 5.41) is -1.06. The highest BCUT2D eigenvalue weighted by atomic mass is 35.7. The first-order valence-corrected chi connectivity index (χ1v) is 5.37. The van der Waals surface area contributed by atoms with E-state index in [-0.39, 0.29) is 0 Å². The summed E-state index contributed by atoms with van der Waals surface area (Å²) in [6.45, 7) is 0. The van der Waals surface area contributed by atoms with Crippen LogP contribution in [0.5, 0.6) is 0 Å². The van der Waals surface area contributed by atoms with E-state index in [2.05, 4.69) is 9.97 Å². The molecule has 0 radical (unpaired) electrons. The molecule has 0 N–H and O–H groups in total. The highest BCUT2D eigenvalue weighted by Gasteiger charge is 2.33. The van der Waals surface area contributed by atoms with Crippen LogP contribution in [0.25, 0.3) is 0 Å². The van der Waals surface area contributed by atoms with Crippen molar-refractivity contribution in [1.29, 1.82) is 0 Å². The van der Waals surface area contributed by atoms with Crippen LogP contribution in [-0.4, -0.2) is 18.4 Å². The van der Waals surface area contributed by atoms with Gasteiger partial charge < -0.3 is 0 Å². The fraction of sp³-hybridized carbons (Fsp3) is 0.200. The molecule has 0 amide bonds. The first kappa shape index (κ1) is 11.2. The number of rotatable bonds is 1. The smallest absolute Gasteiger partial charge is 0.226 e. The van der Waals surface area contributed by atoms with Crippen molar-refractivity contribution in [2.45, 2.75) is 11.3 Å². The Labute approximate surface area is 81.2 Å². The van der Waals surface area contributed by atoms with Gasteiger partial charge in [-0.05, 0) is 6.07 Å². The van der Waals surface area contributed by atoms with E-state index in [1.807, 2.05) is 0 Å². The van der Waals surface area contributed by atoms with Crippen molar-refractivity contribution < 1.29 is 21.6 Å². The van der Waals surface area contributed by atoms with Crippen LogP contribution in [0.15, 0.2) is 17.4 Å². The zero-order chi connectivity index (χ0) is 11.0. The molecule has 0 aromatic carbocycles. The Balaban J connectivity index is 3.29. The van der Waals surface area contributed by atoms with Gasteiger partial charge >= 0.3 is 6.18 Å². The van der Waals surface area contributed by atoms with Gasteiger partial charge in [0.15, 0.2) is 0 Å². The van der Waals surface area contributed by atoms with Gasteiger partial charge in [0.05, 0.1) is 0 Å². The third-order valence-electron chi connectivity index (χ3n) is 1.14. The van der Waals surface area contributed by atoms with Crippen LogP contribution in [0, 0.1) is 0 Å². The largest absolute Gasteiger partial charge is 0.433 e. The first-order chi connectivity index (χ1) is 6.21. The van der Waals surface area contributed by atoms with Crippen molar-refractivity contribution in [3.05, 3.63) is 18.0 Å². The monoisotopic (exact) mass is 246 g/mol. The molecule has 0 spiro atoms. The molecule has 0 saturated carbocycles. The number of halogens is 4. The third kappa shape index (κ3) is 2.55. The minimum Gasteiger partial charge on any atom is -0.226 e. The quantitative estimate of drug-likeness (QED) is 0.555. The molecule has 78 valence electrons. The number of alkyl halides is 3. The summed E-state index contributed by atoms with van der Waals surface area (Å²) in [5.41, 5.74) is -1.35. The lowest BCUT2D eigenvalue weighted by Gasteiger charge is -2.04. The number of hydrogen-bond acceptors (Lipinski definition) is 4. The fourth-order valence-electron chi connectivity index (χ4n) is 0.616. The van der Waals surface area contributed by atoms with Crippen LogP contribution >= 0.6 is 10.7 Å². The number of nitrogens with zero attached hydrogens (tertiary/aromatic N) is 2. The lowest BCUT2D eigenvalue weighted by molar-refractivity contribution is -0.141. The van der Waals surface area contributed by atoms with E-state index >= 15 is 0 Å². The average molecular weight is 247 g/mol. The molecule has 1 heterocycles. The van der Waals surface area contributed by atoms with Crippen LogP contribution in [0.1, 0.15) is 5.69 Å². The van der Waals surface area contributed by atoms with Crippen LogP contribution in [-0.2, 0) is 15.2 Å². The van der Waals surface area contributed by atoms with E-state index in [0.29, 0.717) is 12.3 Å². The second-order valence-electron chi connectivity index (χ2n) is 2.16. The average Bonchev–Trinajstić information content (AvgIpc) is 2.01. The highest BCUT2D eigenvalue weighted by Crippen LogP contribution is 2.27. The first-order valence-electron chi connectivity index (χ1n) is 3.06. The second-order valence-corrected chi connectivity index (χ2v) is 4.62.